The summed E-state index contributed by atoms with van der Waals surface area (Å²) in [6, 6.07) is 14.4. The Morgan fingerprint density at radius 1 is 0.973 bits per heavy atom. The van der Waals surface area contributed by atoms with Gasteiger partial charge in [-0.05, 0) is 35.3 Å². The first-order valence-electron chi connectivity index (χ1n) is 12.0. The van der Waals surface area contributed by atoms with Crippen molar-refractivity contribution in [2.75, 3.05) is 0 Å². The first kappa shape index (κ1) is 27.8. The maximum atomic E-state index is 13.1. The van der Waals surface area contributed by atoms with E-state index in [1.54, 1.807) is 68.5 Å². The maximum absolute atomic E-state index is 13.1. The lowest BCUT2D eigenvalue weighted by Gasteiger charge is -2.25. The van der Waals surface area contributed by atoms with Crippen molar-refractivity contribution in [3.05, 3.63) is 76.8 Å². The lowest BCUT2D eigenvalue weighted by atomic mass is 9.85. The third-order valence-electron chi connectivity index (χ3n) is 6.24. The number of benzene rings is 2. The Morgan fingerprint density at radius 2 is 1.62 bits per heavy atom. The van der Waals surface area contributed by atoms with Gasteiger partial charge in [0.05, 0.1) is 24.4 Å². The molecule has 0 aliphatic carbocycles. The van der Waals surface area contributed by atoms with E-state index in [4.69, 9.17) is 11.6 Å². The molecule has 4 atom stereocenters. The molecule has 194 valence electrons. The summed E-state index contributed by atoms with van der Waals surface area (Å²) in [5.41, 5.74) is 1.50. The predicted octanol–water partition coefficient (Wildman–Crippen LogP) is 3.22. The molecular formula is C28H30ClN3O5. The van der Waals surface area contributed by atoms with E-state index in [2.05, 4.69) is 16.0 Å². The molecule has 0 radical (unpaired) electrons. The molecule has 3 N–H and O–H groups in total. The average Bonchev–Trinajstić information content (AvgIpc) is 3.12. The number of carbonyl (C=O) groups excluding carboxylic acids is 5. The summed E-state index contributed by atoms with van der Waals surface area (Å²) in [6.45, 7) is 5.01. The number of hydrogen-bond donors (Lipinski definition) is 3. The van der Waals surface area contributed by atoms with Crippen LogP contribution in [0.15, 0.2) is 60.7 Å². The highest BCUT2D eigenvalue weighted by atomic mass is 35.5. The molecule has 2 aromatic rings. The molecule has 1 fully saturated rings. The number of rotatable bonds is 10. The average molecular weight is 524 g/mol. The summed E-state index contributed by atoms with van der Waals surface area (Å²) in [6.07, 6.45) is 2.87. The van der Waals surface area contributed by atoms with E-state index in [9.17, 15) is 24.0 Å². The number of ketones is 1. The molecule has 0 aromatic heterocycles. The van der Waals surface area contributed by atoms with E-state index in [1.165, 1.54) is 13.0 Å². The number of halogens is 1. The summed E-state index contributed by atoms with van der Waals surface area (Å²) in [5.74, 6) is -4.81. The minimum atomic E-state index is -1.15. The summed E-state index contributed by atoms with van der Waals surface area (Å²) in [5, 5.41) is 8.33. The summed E-state index contributed by atoms with van der Waals surface area (Å²) < 4.78 is 0. The standard InChI is InChI=1S/C28H30ClN3O5/c1-16(2)25(26(35)24-17(3)27(36)32-28(24)37)31-23(34)15-21(19-7-5-4-6-8-19)30-22(33)14-11-18-9-12-20(29)13-10-18/h4-14,16-17,21,24-25H,15H2,1-3H3,(H,30,33)(H,31,34)(H,32,36,37)/b14-11+/t17-,21-,24+,25-/m0/s1. The van der Waals surface area contributed by atoms with Gasteiger partial charge in [0.2, 0.25) is 23.6 Å². The van der Waals surface area contributed by atoms with Crippen LogP contribution in [0.2, 0.25) is 5.02 Å². The van der Waals surface area contributed by atoms with Crippen molar-refractivity contribution in [3.8, 4) is 0 Å². The van der Waals surface area contributed by atoms with Crippen molar-refractivity contribution in [1.29, 1.82) is 0 Å². The van der Waals surface area contributed by atoms with Gasteiger partial charge in [-0.3, -0.25) is 29.3 Å². The van der Waals surface area contributed by atoms with Crippen LogP contribution in [0.4, 0.5) is 0 Å². The van der Waals surface area contributed by atoms with Crippen molar-refractivity contribution in [2.24, 2.45) is 17.8 Å². The molecular weight excluding hydrogens is 494 g/mol. The number of imide groups is 1. The molecule has 0 bridgehead atoms. The van der Waals surface area contributed by atoms with E-state index in [0.717, 1.165) is 5.56 Å². The highest BCUT2D eigenvalue weighted by molar-refractivity contribution is 6.30. The third-order valence-corrected chi connectivity index (χ3v) is 6.50. The molecule has 4 amide bonds. The van der Waals surface area contributed by atoms with Gasteiger partial charge in [0.1, 0.15) is 5.92 Å². The molecule has 1 aliphatic heterocycles. The molecule has 0 spiro atoms. The monoisotopic (exact) mass is 523 g/mol. The Morgan fingerprint density at radius 3 is 2.19 bits per heavy atom. The molecule has 1 saturated heterocycles. The van der Waals surface area contributed by atoms with Crippen LogP contribution in [0.5, 0.6) is 0 Å². The number of hydrogen-bond acceptors (Lipinski definition) is 5. The smallest absolute Gasteiger partial charge is 0.244 e. The van der Waals surface area contributed by atoms with Gasteiger partial charge in [0.15, 0.2) is 5.78 Å². The Hall–Kier alpha value is -3.78. The maximum Gasteiger partial charge on any atom is 0.244 e. The van der Waals surface area contributed by atoms with Crippen LogP contribution in [0.25, 0.3) is 6.08 Å². The Kier molecular flexibility index (Phi) is 9.36. The number of nitrogens with one attached hydrogen (secondary N) is 3. The van der Waals surface area contributed by atoms with Crippen LogP contribution >= 0.6 is 11.6 Å². The normalized spacial score (nSPS) is 18.9. The minimum Gasteiger partial charge on any atom is -0.346 e. The predicted molar refractivity (Wildman–Crippen MR) is 140 cm³/mol. The first-order chi connectivity index (χ1) is 17.6. The van der Waals surface area contributed by atoms with Crippen molar-refractivity contribution in [3.63, 3.8) is 0 Å². The fourth-order valence-electron chi connectivity index (χ4n) is 4.15. The van der Waals surface area contributed by atoms with Crippen LogP contribution in [-0.2, 0) is 24.0 Å². The van der Waals surface area contributed by atoms with E-state index in [1.807, 2.05) is 6.07 Å². The highest BCUT2D eigenvalue weighted by Crippen LogP contribution is 2.24. The molecule has 0 unspecified atom stereocenters. The van der Waals surface area contributed by atoms with Crippen LogP contribution < -0.4 is 16.0 Å². The second kappa shape index (κ2) is 12.5. The Labute approximate surface area is 220 Å². The zero-order valence-corrected chi connectivity index (χ0v) is 21.6. The fourth-order valence-corrected chi connectivity index (χ4v) is 4.27. The SMILES string of the molecule is CC(C)[C@H](NC(=O)C[C@H](NC(=O)/C=C/c1ccc(Cl)cc1)c1ccccc1)C(=O)[C@@H]1C(=O)NC(=O)[C@H]1C. The zero-order chi connectivity index (χ0) is 27.1. The molecule has 2 aromatic carbocycles. The van der Waals surface area contributed by atoms with E-state index in [-0.39, 0.29) is 12.3 Å². The Bertz CT molecular complexity index is 1190. The molecule has 9 heteroatoms. The second-order valence-corrected chi connectivity index (χ2v) is 9.81. The molecule has 0 saturated carbocycles. The van der Waals surface area contributed by atoms with Gasteiger partial charge in [0, 0.05) is 11.1 Å². The molecule has 8 nitrogen and oxygen atoms in total. The molecule has 1 heterocycles. The van der Waals surface area contributed by atoms with Crippen molar-refractivity contribution >= 4 is 47.1 Å². The van der Waals surface area contributed by atoms with Crippen LogP contribution in [0.3, 0.4) is 0 Å². The van der Waals surface area contributed by atoms with Gasteiger partial charge in [-0.15, -0.1) is 0 Å². The van der Waals surface area contributed by atoms with Gasteiger partial charge in [0.25, 0.3) is 0 Å². The first-order valence-corrected chi connectivity index (χ1v) is 12.4. The van der Waals surface area contributed by atoms with Crippen molar-refractivity contribution < 1.29 is 24.0 Å². The summed E-state index contributed by atoms with van der Waals surface area (Å²) >= 11 is 5.89. The highest BCUT2D eigenvalue weighted by Gasteiger charge is 2.46. The summed E-state index contributed by atoms with van der Waals surface area (Å²) in [4.78, 5) is 62.9. The van der Waals surface area contributed by atoms with Gasteiger partial charge in [-0.1, -0.05) is 74.8 Å². The second-order valence-electron chi connectivity index (χ2n) is 9.37. The van der Waals surface area contributed by atoms with Gasteiger partial charge < -0.3 is 10.6 Å². The molecule has 37 heavy (non-hydrogen) atoms. The van der Waals surface area contributed by atoms with E-state index >= 15 is 0 Å². The third kappa shape index (κ3) is 7.36. The number of Topliss-reactive ketones (excluding diaryl/α,β-unsaturated/α-hetero) is 1. The van der Waals surface area contributed by atoms with Gasteiger partial charge in [-0.2, -0.15) is 0 Å². The lowest BCUT2D eigenvalue weighted by molar-refractivity contribution is -0.137. The Balaban J connectivity index is 1.72. The number of amides is 4. The van der Waals surface area contributed by atoms with Crippen molar-refractivity contribution in [1.82, 2.24) is 16.0 Å². The van der Waals surface area contributed by atoms with E-state index in [0.29, 0.717) is 10.6 Å². The van der Waals surface area contributed by atoms with Crippen LogP contribution in [-0.4, -0.2) is 35.5 Å². The largest absolute Gasteiger partial charge is 0.346 e. The zero-order valence-electron chi connectivity index (χ0n) is 20.9. The van der Waals surface area contributed by atoms with Crippen molar-refractivity contribution in [2.45, 2.75) is 39.3 Å². The molecule has 3 rings (SSSR count). The van der Waals surface area contributed by atoms with Crippen LogP contribution in [0, 0.1) is 17.8 Å². The van der Waals surface area contributed by atoms with Gasteiger partial charge in [-0.25, -0.2) is 0 Å². The minimum absolute atomic E-state index is 0.133. The summed E-state index contributed by atoms with van der Waals surface area (Å²) in [7, 11) is 0. The topological polar surface area (TPSA) is 121 Å². The van der Waals surface area contributed by atoms with Gasteiger partial charge >= 0.3 is 0 Å². The fraction of sp³-hybridized carbons (Fsp3) is 0.321. The lowest BCUT2D eigenvalue weighted by Crippen LogP contribution is -2.49. The van der Waals surface area contributed by atoms with E-state index < -0.39 is 53.3 Å². The van der Waals surface area contributed by atoms with Crippen LogP contribution in [0.1, 0.15) is 44.4 Å². The quantitative estimate of drug-likeness (QED) is 0.251. The number of carbonyl (C=O) groups is 5. The molecule has 1 aliphatic rings.